The lowest BCUT2D eigenvalue weighted by molar-refractivity contribution is 0.390. The maximum atomic E-state index is 12.2. The second kappa shape index (κ2) is 4.41. The molecule has 0 spiro atoms. The van der Waals surface area contributed by atoms with E-state index in [4.69, 9.17) is 4.52 Å². The Hall–Kier alpha value is -1.89. The van der Waals surface area contributed by atoms with Crippen molar-refractivity contribution in [1.82, 2.24) is 10.1 Å². The van der Waals surface area contributed by atoms with Crippen LogP contribution in [0.25, 0.3) is 0 Å². The summed E-state index contributed by atoms with van der Waals surface area (Å²) in [6.07, 6.45) is 1.54. The lowest BCUT2D eigenvalue weighted by Gasteiger charge is -2.07. The van der Waals surface area contributed by atoms with Gasteiger partial charge in [0.1, 0.15) is 5.69 Å². The van der Waals surface area contributed by atoms with E-state index in [1.165, 1.54) is 0 Å². The molecule has 0 saturated carbocycles. The molecule has 2 heterocycles. The molecule has 0 radical (unpaired) electrons. The summed E-state index contributed by atoms with van der Waals surface area (Å²) in [5, 5.41) is 3.64. The van der Waals surface area contributed by atoms with Gasteiger partial charge >= 0.3 is 0 Å². The van der Waals surface area contributed by atoms with Gasteiger partial charge in [0, 0.05) is 11.9 Å². The van der Waals surface area contributed by atoms with Crippen molar-refractivity contribution >= 4 is 15.7 Å². The lowest BCUT2D eigenvalue weighted by atomic mass is 10.3. The standard InChI is InChI=1S/C11H13N3O3S/c1-7-6-10(4-5-12-7)14-18(15,16)11-8(2)13-17-9(11)3/h4-6H,1-3H3,(H,12,14). The number of pyridine rings is 1. The van der Waals surface area contributed by atoms with Crippen LogP contribution in [0.15, 0.2) is 27.7 Å². The molecule has 2 rings (SSSR count). The van der Waals surface area contributed by atoms with E-state index in [0.717, 1.165) is 5.69 Å². The van der Waals surface area contributed by atoms with Crippen molar-refractivity contribution in [2.45, 2.75) is 25.7 Å². The molecular formula is C11H13N3O3S. The summed E-state index contributed by atoms with van der Waals surface area (Å²) in [7, 11) is -3.68. The first-order chi connectivity index (χ1) is 8.40. The molecule has 0 aliphatic rings. The Morgan fingerprint density at radius 1 is 1.28 bits per heavy atom. The highest BCUT2D eigenvalue weighted by Crippen LogP contribution is 2.22. The number of rotatable bonds is 3. The number of hydrogen-bond acceptors (Lipinski definition) is 5. The zero-order chi connectivity index (χ0) is 13.3. The fourth-order valence-corrected chi connectivity index (χ4v) is 3.05. The van der Waals surface area contributed by atoms with Crippen molar-refractivity contribution in [1.29, 1.82) is 0 Å². The number of hydrogen-bond donors (Lipinski definition) is 1. The minimum absolute atomic E-state index is 0.0805. The SMILES string of the molecule is Cc1cc(NS(=O)(=O)c2c(C)noc2C)ccn1. The van der Waals surface area contributed by atoms with Crippen LogP contribution in [0.4, 0.5) is 5.69 Å². The fraction of sp³-hybridized carbons (Fsp3) is 0.273. The van der Waals surface area contributed by atoms with Crippen molar-refractivity contribution in [2.75, 3.05) is 4.72 Å². The van der Waals surface area contributed by atoms with Gasteiger partial charge in [-0.05, 0) is 32.9 Å². The van der Waals surface area contributed by atoms with Gasteiger partial charge in [-0.3, -0.25) is 9.71 Å². The molecule has 0 unspecified atom stereocenters. The molecule has 18 heavy (non-hydrogen) atoms. The minimum Gasteiger partial charge on any atom is -0.360 e. The third-order valence-electron chi connectivity index (χ3n) is 2.39. The number of sulfonamides is 1. The zero-order valence-corrected chi connectivity index (χ0v) is 11.1. The van der Waals surface area contributed by atoms with E-state index in [2.05, 4.69) is 14.9 Å². The number of nitrogens with zero attached hydrogens (tertiary/aromatic N) is 2. The molecule has 0 saturated heterocycles. The molecule has 0 aliphatic heterocycles. The molecule has 2 aromatic heterocycles. The van der Waals surface area contributed by atoms with Crippen molar-refractivity contribution in [3.8, 4) is 0 Å². The summed E-state index contributed by atoms with van der Waals surface area (Å²) in [6, 6.07) is 3.23. The predicted molar refractivity (Wildman–Crippen MR) is 65.8 cm³/mol. The minimum atomic E-state index is -3.68. The third-order valence-corrected chi connectivity index (χ3v) is 4.01. The topological polar surface area (TPSA) is 85.1 Å². The first-order valence-corrected chi connectivity index (χ1v) is 6.77. The van der Waals surface area contributed by atoms with Crippen LogP contribution in [0.2, 0.25) is 0 Å². The van der Waals surface area contributed by atoms with Crippen LogP contribution in [0.3, 0.4) is 0 Å². The molecule has 2 aromatic rings. The molecule has 0 aromatic carbocycles. The summed E-state index contributed by atoms with van der Waals surface area (Å²) in [4.78, 5) is 4.08. The third kappa shape index (κ3) is 2.35. The lowest BCUT2D eigenvalue weighted by Crippen LogP contribution is -2.14. The van der Waals surface area contributed by atoms with Crippen LogP contribution >= 0.6 is 0 Å². The average molecular weight is 267 g/mol. The first kappa shape index (κ1) is 12.6. The van der Waals surface area contributed by atoms with E-state index >= 15 is 0 Å². The Labute approximate surface area is 105 Å². The Bertz CT molecular complexity index is 657. The molecular weight excluding hydrogens is 254 g/mol. The normalized spacial score (nSPS) is 11.5. The highest BCUT2D eigenvalue weighted by atomic mass is 32.2. The summed E-state index contributed by atoms with van der Waals surface area (Å²) in [5.41, 5.74) is 1.53. The quantitative estimate of drug-likeness (QED) is 0.916. The summed E-state index contributed by atoms with van der Waals surface area (Å²) in [5.74, 6) is 0.269. The van der Waals surface area contributed by atoms with Crippen LogP contribution in [0.5, 0.6) is 0 Å². The van der Waals surface area contributed by atoms with E-state index in [1.54, 1.807) is 39.1 Å². The van der Waals surface area contributed by atoms with Gasteiger partial charge in [0.2, 0.25) is 0 Å². The molecule has 7 heteroatoms. The van der Waals surface area contributed by atoms with Crippen LogP contribution in [-0.4, -0.2) is 18.6 Å². The molecule has 0 aliphatic carbocycles. The van der Waals surface area contributed by atoms with Gasteiger partial charge < -0.3 is 4.52 Å². The Morgan fingerprint density at radius 2 is 2.00 bits per heavy atom. The Kier molecular flexibility index (Phi) is 3.08. The maximum absolute atomic E-state index is 12.2. The molecule has 0 atom stereocenters. The first-order valence-electron chi connectivity index (χ1n) is 5.28. The molecule has 1 N–H and O–H groups in total. The van der Waals surface area contributed by atoms with Crippen molar-refractivity contribution in [3.63, 3.8) is 0 Å². The van der Waals surface area contributed by atoms with E-state index in [0.29, 0.717) is 11.4 Å². The molecule has 0 fully saturated rings. The second-order valence-corrected chi connectivity index (χ2v) is 5.56. The Morgan fingerprint density at radius 3 is 2.56 bits per heavy atom. The summed E-state index contributed by atoms with van der Waals surface area (Å²) in [6.45, 7) is 4.93. The van der Waals surface area contributed by atoms with Gasteiger partial charge in [-0.25, -0.2) is 8.42 Å². The predicted octanol–water partition coefficient (Wildman–Crippen LogP) is 1.80. The van der Waals surface area contributed by atoms with Gasteiger partial charge in [0.15, 0.2) is 10.7 Å². The molecule has 96 valence electrons. The van der Waals surface area contributed by atoms with E-state index in [-0.39, 0.29) is 10.7 Å². The van der Waals surface area contributed by atoms with Crippen LogP contribution in [0, 0.1) is 20.8 Å². The van der Waals surface area contributed by atoms with Gasteiger partial charge in [-0.15, -0.1) is 0 Å². The monoisotopic (exact) mass is 267 g/mol. The van der Waals surface area contributed by atoms with Crippen LogP contribution < -0.4 is 4.72 Å². The van der Waals surface area contributed by atoms with Crippen LogP contribution in [0.1, 0.15) is 17.1 Å². The largest absolute Gasteiger partial charge is 0.360 e. The number of nitrogens with one attached hydrogen (secondary N) is 1. The van der Waals surface area contributed by atoms with E-state index < -0.39 is 10.0 Å². The van der Waals surface area contributed by atoms with Crippen molar-refractivity contribution in [3.05, 3.63) is 35.5 Å². The fourth-order valence-electron chi connectivity index (χ4n) is 1.67. The van der Waals surface area contributed by atoms with Gasteiger partial charge in [0.25, 0.3) is 10.0 Å². The van der Waals surface area contributed by atoms with Crippen molar-refractivity contribution in [2.24, 2.45) is 0 Å². The highest BCUT2D eigenvalue weighted by Gasteiger charge is 2.24. The molecule has 6 nitrogen and oxygen atoms in total. The van der Waals surface area contributed by atoms with Gasteiger partial charge in [0.05, 0.1) is 5.69 Å². The maximum Gasteiger partial charge on any atom is 0.267 e. The number of anilines is 1. The summed E-state index contributed by atoms with van der Waals surface area (Å²) >= 11 is 0. The number of aryl methyl sites for hydroxylation is 3. The zero-order valence-electron chi connectivity index (χ0n) is 10.3. The highest BCUT2D eigenvalue weighted by molar-refractivity contribution is 7.92. The Balaban J connectivity index is 2.39. The molecule has 0 bridgehead atoms. The van der Waals surface area contributed by atoms with Gasteiger partial charge in [-0.2, -0.15) is 0 Å². The average Bonchev–Trinajstić information content (AvgIpc) is 2.58. The second-order valence-electron chi connectivity index (χ2n) is 3.94. The number of aromatic nitrogens is 2. The van der Waals surface area contributed by atoms with Gasteiger partial charge in [-0.1, -0.05) is 5.16 Å². The molecule has 0 amide bonds. The smallest absolute Gasteiger partial charge is 0.267 e. The van der Waals surface area contributed by atoms with Crippen molar-refractivity contribution < 1.29 is 12.9 Å². The van der Waals surface area contributed by atoms with E-state index in [1.807, 2.05) is 0 Å². The summed E-state index contributed by atoms with van der Waals surface area (Å²) < 4.78 is 31.7. The van der Waals surface area contributed by atoms with Crippen LogP contribution in [-0.2, 0) is 10.0 Å². The van der Waals surface area contributed by atoms with E-state index in [9.17, 15) is 8.42 Å².